The highest BCUT2D eigenvalue weighted by Gasteiger charge is 2.46. The average Bonchev–Trinajstić information content (AvgIpc) is 3.29. The van der Waals surface area contributed by atoms with Crippen molar-refractivity contribution in [3.63, 3.8) is 0 Å². The van der Waals surface area contributed by atoms with E-state index in [9.17, 15) is 18.8 Å². The highest BCUT2D eigenvalue weighted by molar-refractivity contribution is 5.95. The van der Waals surface area contributed by atoms with E-state index in [1.54, 1.807) is 7.05 Å². The van der Waals surface area contributed by atoms with E-state index in [1.165, 1.54) is 4.57 Å². The van der Waals surface area contributed by atoms with Crippen LogP contribution in [0.5, 0.6) is 0 Å². The van der Waals surface area contributed by atoms with Crippen molar-refractivity contribution in [3.05, 3.63) is 69.3 Å². The Kier molecular flexibility index (Phi) is 5.20. The maximum absolute atomic E-state index is 13.6. The topological polar surface area (TPSA) is 75.1 Å². The van der Waals surface area contributed by atoms with Gasteiger partial charge < -0.3 is 13.9 Å². The van der Waals surface area contributed by atoms with Gasteiger partial charge in [-0.2, -0.15) is 5.26 Å². The van der Waals surface area contributed by atoms with Crippen molar-refractivity contribution in [1.82, 2.24) is 9.55 Å². The van der Waals surface area contributed by atoms with Gasteiger partial charge in [0.05, 0.1) is 11.2 Å². The average molecular weight is 503 g/mol. The van der Waals surface area contributed by atoms with Gasteiger partial charge in [-0.3, -0.25) is 4.79 Å². The number of fused-ring (bicyclic) bond motifs is 2. The van der Waals surface area contributed by atoms with Crippen molar-refractivity contribution in [2.75, 3.05) is 18.0 Å². The minimum atomic E-state index is -2.62. The summed E-state index contributed by atoms with van der Waals surface area (Å²) in [6.07, 6.45) is 1.12. The molecule has 2 fully saturated rings. The van der Waals surface area contributed by atoms with Crippen molar-refractivity contribution < 1.29 is 13.2 Å². The third kappa shape index (κ3) is 3.79. The van der Waals surface area contributed by atoms with Crippen LogP contribution in [0.4, 0.5) is 14.5 Å². The number of piperidine rings is 1. The molecule has 1 saturated carbocycles. The van der Waals surface area contributed by atoms with Crippen molar-refractivity contribution in [2.24, 2.45) is 7.05 Å². The number of hydrogen-bond acceptors (Lipinski definition) is 5. The summed E-state index contributed by atoms with van der Waals surface area (Å²) in [4.78, 5) is 20.0. The highest BCUT2D eigenvalue weighted by Crippen LogP contribution is 2.49. The van der Waals surface area contributed by atoms with E-state index in [1.807, 2.05) is 43.3 Å². The maximum atomic E-state index is 13.6. The van der Waals surface area contributed by atoms with Gasteiger partial charge >= 0.3 is 0 Å². The molecule has 0 unspecified atom stereocenters. The van der Waals surface area contributed by atoms with Crippen molar-refractivity contribution >= 4 is 27.7 Å². The Bertz CT molecular complexity index is 1650. The summed E-state index contributed by atoms with van der Waals surface area (Å²) < 4.78 is 34.8. The molecule has 2 aromatic heterocycles. The number of nitriles is 1. The minimum absolute atomic E-state index is 0.0898. The number of oxazole rings is 1. The second-order valence-corrected chi connectivity index (χ2v) is 11.0. The maximum Gasteiger partial charge on any atom is 0.270 e. The number of halogens is 2. The van der Waals surface area contributed by atoms with Crippen LogP contribution in [0.15, 0.2) is 45.6 Å². The van der Waals surface area contributed by atoms with E-state index >= 15 is 0 Å². The van der Waals surface area contributed by atoms with E-state index < -0.39 is 5.92 Å². The van der Waals surface area contributed by atoms with Gasteiger partial charge in [0, 0.05) is 43.8 Å². The lowest BCUT2D eigenvalue weighted by molar-refractivity contribution is -0.0867. The molecule has 1 saturated heterocycles. The van der Waals surface area contributed by atoms with E-state index in [2.05, 4.69) is 17.9 Å². The zero-order valence-corrected chi connectivity index (χ0v) is 21.1. The van der Waals surface area contributed by atoms with Crippen molar-refractivity contribution in [1.29, 1.82) is 5.26 Å². The van der Waals surface area contributed by atoms with Crippen LogP contribution < -0.4 is 10.5 Å². The van der Waals surface area contributed by atoms with Crippen LogP contribution in [0.25, 0.3) is 22.0 Å². The molecule has 4 aromatic rings. The first kappa shape index (κ1) is 23.7. The Morgan fingerprint density at radius 3 is 2.54 bits per heavy atom. The summed E-state index contributed by atoms with van der Waals surface area (Å²) in [5, 5.41) is 10.7. The predicted octanol–water partition coefficient (Wildman–Crippen LogP) is 5.93. The molecule has 6 rings (SSSR count). The standard InChI is InChI=1S/C29H28F2N4O2/c1-17-4-7-24-22(12-17)33-27(37-24)28(2)8-10-35(11-9-28)25-20-13-18(19-14-29(30,31)15-19)5-6-23(20)34(3)26(36)21(25)16-32/h4-7,12-13,19H,8-11,14-15H2,1-3H3. The number of aromatic nitrogens is 2. The molecule has 37 heavy (non-hydrogen) atoms. The van der Waals surface area contributed by atoms with Gasteiger partial charge in [-0.25, -0.2) is 13.8 Å². The Labute approximate surface area is 213 Å². The van der Waals surface area contributed by atoms with Crippen LogP contribution in [-0.2, 0) is 12.5 Å². The third-order valence-corrected chi connectivity index (χ3v) is 8.31. The van der Waals surface area contributed by atoms with Crippen LogP contribution in [0.2, 0.25) is 0 Å². The Morgan fingerprint density at radius 1 is 1.14 bits per heavy atom. The molecule has 1 aliphatic heterocycles. The largest absolute Gasteiger partial charge is 0.440 e. The van der Waals surface area contributed by atoms with Crippen LogP contribution in [0, 0.1) is 18.3 Å². The normalized spacial score (nSPS) is 19.2. The van der Waals surface area contributed by atoms with Gasteiger partial charge in [-0.1, -0.05) is 19.1 Å². The molecule has 190 valence electrons. The molecule has 1 aliphatic carbocycles. The first-order valence-electron chi connectivity index (χ1n) is 12.7. The van der Waals surface area contributed by atoms with Gasteiger partial charge in [0.1, 0.15) is 17.1 Å². The van der Waals surface area contributed by atoms with Gasteiger partial charge in [0.15, 0.2) is 5.58 Å². The second kappa shape index (κ2) is 8.14. The van der Waals surface area contributed by atoms with Crippen LogP contribution in [0.1, 0.15) is 61.1 Å². The zero-order chi connectivity index (χ0) is 26.1. The number of nitrogens with zero attached hydrogens (tertiary/aromatic N) is 4. The molecule has 0 amide bonds. The first-order chi connectivity index (χ1) is 17.6. The van der Waals surface area contributed by atoms with E-state index in [0.29, 0.717) is 30.2 Å². The summed E-state index contributed by atoms with van der Waals surface area (Å²) in [6, 6.07) is 13.7. The fourth-order valence-corrected chi connectivity index (χ4v) is 5.86. The number of hydrogen-bond donors (Lipinski definition) is 0. The van der Waals surface area contributed by atoms with Gasteiger partial charge in [-0.05, 0) is 61.1 Å². The molecule has 3 heterocycles. The number of anilines is 1. The lowest BCUT2D eigenvalue weighted by atomic mass is 9.76. The zero-order valence-electron chi connectivity index (χ0n) is 21.1. The second-order valence-electron chi connectivity index (χ2n) is 11.0. The first-order valence-corrected chi connectivity index (χ1v) is 12.7. The van der Waals surface area contributed by atoms with Crippen LogP contribution >= 0.6 is 0 Å². The molecule has 0 spiro atoms. The lowest BCUT2D eigenvalue weighted by Gasteiger charge is -2.39. The summed E-state index contributed by atoms with van der Waals surface area (Å²) in [6.45, 7) is 5.38. The van der Waals surface area contributed by atoms with E-state index in [-0.39, 0.29) is 35.3 Å². The van der Waals surface area contributed by atoms with E-state index in [0.717, 1.165) is 40.5 Å². The number of rotatable bonds is 3. The molecule has 8 heteroatoms. The molecule has 0 radical (unpaired) electrons. The molecule has 2 aliphatic rings. The summed E-state index contributed by atoms with van der Waals surface area (Å²) >= 11 is 0. The molecule has 0 N–H and O–H groups in total. The smallest absolute Gasteiger partial charge is 0.270 e. The van der Waals surface area contributed by atoms with Gasteiger partial charge in [0.2, 0.25) is 11.8 Å². The molecular formula is C29H28F2N4O2. The van der Waals surface area contributed by atoms with Gasteiger partial charge in [0.25, 0.3) is 5.56 Å². The van der Waals surface area contributed by atoms with Crippen molar-refractivity contribution in [3.8, 4) is 6.07 Å². The number of aryl methyl sites for hydroxylation is 2. The minimum Gasteiger partial charge on any atom is -0.440 e. The van der Waals surface area contributed by atoms with Crippen LogP contribution in [0.3, 0.4) is 0 Å². The fourth-order valence-electron chi connectivity index (χ4n) is 5.86. The third-order valence-electron chi connectivity index (χ3n) is 8.31. The molecule has 0 bridgehead atoms. The number of pyridine rings is 1. The Morgan fingerprint density at radius 2 is 1.86 bits per heavy atom. The fraction of sp³-hybridized carbons (Fsp3) is 0.414. The molecule has 2 aromatic carbocycles. The quantitative estimate of drug-likeness (QED) is 0.347. The monoisotopic (exact) mass is 502 g/mol. The highest BCUT2D eigenvalue weighted by atomic mass is 19.3. The molecular weight excluding hydrogens is 474 g/mol. The predicted molar refractivity (Wildman–Crippen MR) is 138 cm³/mol. The van der Waals surface area contributed by atoms with Crippen LogP contribution in [-0.4, -0.2) is 28.6 Å². The lowest BCUT2D eigenvalue weighted by Crippen LogP contribution is -2.42. The summed E-state index contributed by atoms with van der Waals surface area (Å²) in [5.74, 6) is -2.14. The summed E-state index contributed by atoms with van der Waals surface area (Å²) in [5.41, 5.74) is 4.31. The summed E-state index contributed by atoms with van der Waals surface area (Å²) in [7, 11) is 1.65. The Hall–Kier alpha value is -3.73. The molecule has 0 atom stereocenters. The number of alkyl halides is 2. The van der Waals surface area contributed by atoms with Crippen molar-refractivity contribution in [2.45, 2.75) is 56.8 Å². The molecule has 6 nitrogen and oxygen atoms in total. The van der Waals surface area contributed by atoms with Gasteiger partial charge in [-0.15, -0.1) is 0 Å². The Balaban J connectivity index is 1.37. The van der Waals surface area contributed by atoms with E-state index in [4.69, 9.17) is 9.40 Å². The number of benzene rings is 2. The SMILES string of the molecule is Cc1ccc2oc(C3(C)CCN(c4c(C#N)c(=O)n(C)c5ccc(C6CC(F)(F)C6)cc45)CC3)nc2c1.